The summed E-state index contributed by atoms with van der Waals surface area (Å²) in [7, 11) is 0. The van der Waals surface area contributed by atoms with Gasteiger partial charge in [-0.1, -0.05) is 49.6 Å². The third kappa shape index (κ3) is 10.5. The van der Waals surface area contributed by atoms with Gasteiger partial charge in [0, 0.05) is 25.5 Å². The van der Waals surface area contributed by atoms with E-state index in [1.807, 2.05) is 36.4 Å². The Morgan fingerprint density at radius 1 is 0.758 bits per heavy atom. The first-order valence-corrected chi connectivity index (χ1v) is 10.6. The summed E-state index contributed by atoms with van der Waals surface area (Å²) in [6, 6.07) is 20.4. The highest BCUT2D eigenvalue weighted by atomic mass is 14.9. The fourth-order valence-electron chi connectivity index (χ4n) is 2.85. The van der Waals surface area contributed by atoms with Crippen molar-refractivity contribution in [2.75, 3.05) is 13.1 Å². The first-order valence-electron chi connectivity index (χ1n) is 10.6. The minimum absolute atomic E-state index is 0.834. The van der Waals surface area contributed by atoms with E-state index in [1.165, 1.54) is 11.1 Å². The van der Waals surface area contributed by atoms with Crippen LogP contribution in [-0.4, -0.2) is 23.1 Å². The number of nitrogens with zero attached hydrogens (tertiary/aromatic N) is 2. The molecule has 0 radical (unpaired) electrons. The Hall–Kier alpha value is -4.28. The molecule has 0 unspecified atom stereocenters. The highest BCUT2D eigenvalue weighted by Crippen LogP contribution is 2.09. The largest absolute Gasteiger partial charge is 0.383 e. The Bertz CT molecular complexity index is 937. The fourth-order valence-corrected chi connectivity index (χ4v) is 2.85. The van der Waals surface area contributed by atoms with E-state index >= 15 is 0 Å². The Labute approximate surface area is 198 Å². The summed E-state index contributed by atoms with van der Waals surface area (Å²) in [5.74, 6) is 2.25. The highest BCUT2D eigenvalue weighted by molar-refractivity contribution is 5.58. The van der Waals surface area contributed by atoms with Gasteiger partial charge in [0.15, 0.2) is 0 Å². The minimum atomic E-state index is 0.834. The van der Waals surface area contributed by atoms with Gasteiger partial charge in [0.05, 0.1) is 22.8 Å². The molecule has 0 amide bonds. The van der Waals surface area contributed by atoms with Gasteiger partial charge in [-0.3, -0.25) is 9.97 Å². The van der Waals surface area contributed by atoms with Crippen molar-refractivity contribution in [3.8, 4) is 25.2 Å². The van der Waals surface area contributed by atoms with Crippen LogP contribution >= 0.6 is 0 Å². The summed E-state index contributed by atoms with van der Waals surface area (Å²) in [5, 5.41) is 6.68. The zero-order valence-electron chi connectivity index (χ0n) is 19.3. The number of rotatable bonds is 10. The average molecular weight is 437 g/mol. The van der Waals surface area contributed by atoms with E-state index in [2.05, 4.69) is 83.2 Å². The maximum absolute atomic E-state index is 4.60. The summed E-state index contributed by atoms with van der Waals surface area (Å²) in [6.07, 6.45) is 18.0. The molecular weight excluding hydrogens is 404 g/mol. The standard InChI is InChI=1S/C24H26N4.C3H4.C2H2/c1-19(23-7-3-5-15-27-23)25-17-13-21-9-11-22(12-10-21)14-18-26-20(2)24-8-4-6-16-28-24;1-3-2;1-2/h3-12,15-16,25-26H,1-2,13-14,17-18H2;1H,2H3;1-2H. The van der Waals surface area contributed by atoms with E-state index in [-0.39, 0.29) is 0 Å². The quantitative estimate of drug-likeness (QED) is 0.441. The second-order valence-corrected chi connectivity index (χ2v) is 6.85. The van der Waals surface area contributed by atoms with Gasteiger partial charge < -0.3 is 10.6 Å². The lowest BCUT2D eigenvalue weighted by Crippen LogP contribution is -2.16. The van der Waals surface area contributed by atoms with Crippen LogP contribution < -0.4 is 10.6 Å². The monoisotopic (exact) mass is 436 g/mol. The Balaban J connectivity index is 0.00000101. The molecule has 0 atom stereocenters. The molecule has 2 aromatic heterocycles. The van der Waals surface area contributed by atoms with Crippen LogP contribution in [0.25, 0.3) is 11.4 Å². The average Bonchev–Trinajstić information content (AvgIpc) is 2.87. The lowest BCUT2D eigenvalue weighted by Gasteiger charge is -2.10. The van der Waals surface area contributed by atoms with E-state index in [0.717, 1.165) is 48.7 Å². The molecule has 1 aromatic carbocycles. The van der Waals surface area contributed by atoms with Gasteiger partial charge in [-0.2, -0.15) is 0 Å². The lowest BCUT2D eigenvalue weighted by atomic mass is 10.1. The summed E-state index contributed by atoms with van der Waals surface area (Å²) in [6.45, 7) is 11.4. The first kappa shape index (κ1) is 26.8. The third-order valence-electron chi connectivity index (χ3n) is 4.48. The van der Waals surface area contributed by atoms with Gasteiger partial charge >= 0.3 is 0 Å². The van der Waals surface area contributed by atoms with Crippen molar-refractivity contribution in [2.24, 2.45) is 0 Å². The number of hydrogen-bond acceptors (Lipinski definition) is 4. The van der Waals surface area contributed by atoms with E-state index in [4.69, 9.17) is 0 Å². The van der Waals surface area contributed by atoms with Gasteiger partial charge in [0.1, 0.15) is 0 Å². The van der Waals surface area contributed by atoms with Gasteiger partial charge in [0.25, 0.3) is 0 Å². The predicted molar refractivity (Wildman–Crippen MR) is 141 cm³/mol. The number of terminal acetylenes is 2. The molecule has 33 heavy (non-hydrogen) atoms. The molecule has 3 rings (SSSR count). The molecule has 2 N–H and O–H groups in total. The molecule has 0 bridgehead atoms. The minimum Gasteiger partial charge on any atom is -0.383 e. The molecule has 0 saturated carbocycles. The highest BCUT2D eigenvalue weighted by Gasteiger charge is 2.01. The van der Waals surface area contributed by atoms with E-state index in [9.17, 15) is 0 Å². The van der Waals surface area contributed by atoms with Gasteiger partial charge in [-0.05, 0) is 55.2 Å². The summed E-state index contributed by atoms with van der Waals surface area (Å²) in [5.41, 5.74) is 6.09. The van der Waals surface area contributed by atoms with Crippen molar-refractivity contribution >= 4 is 11.4 Å². The second-order valence-electron chi connectivity index (χ2n) is 6.85. The molecule has 168 valence electrons. The molecule has 0 aliphatic heterocycles. The van der Waals surface area contributed by atoms with Crippen LogP contribution in [0.4, 0.5) is 0 Å². The SMILES string of the molecule is C#C.C#CC.C=C(NCCc1ccc(CCNC(=C)c2ccccn2)cc1)c1ccccn1. The van der Waals surface area contributed by atoms with Gasteiger partial charge in [0.2, 0.25) is 0 Å². The summed E-state index contributed by atoms with van der Waals surface area (Å²) >= 11 is 0. The predicted octanol–water partition coefficient (Wildman–Crippen LogP) is 4.97. The Morgan fingerprint density at radius 2 is 1.12 bits per heavy atom. The number of benzene rings is 1. The zero-order valence-corrected chi connectivity index (χ0v) is 19.3. The van der Waals surface area contributed by atoms with Crippen molar-refractivity contribution in [3.05, 3.63) is 109 Å². The smallest absolute Gasteiger partial charge is 0.0854 e. The van der Waals surface area contributed by atoms with Crippen LogP contribution in [0.1, 0.15) is 29.4 Å². The van der Waals surface area contributed by atoms with E-state index in [1.54, 1.807) is 19.3 Å². The van der Waals surface area contributed by atoms with Crippen LogP contribution in [0.5, 0.6) is 0 Å². The lowest BCUT2D eigenvalue weighted by molar-refractivity contribution is 0.834. The molecule has 0 saturated heterocycles. The molecule has 0 aliphatic rings. The second kappa shape index (κ2) is 16.4. The summed E-state index contributed by atoms with van der Waals surface area (Å²) < 4.78 is 0. The zero-order chi connectivity index (χ0) is 24.3. The molecule has 2 heterocycles. The van der Waals surface area contributed by atoms with Crippen LogP contribution in [0.2, 0.25) is 0 Å². The van der Waals surface area contributed by atoms with Gasteiger partial charge in [-0.15, -0.1) is 25.2 Å². The van der Waals surface area contributed by atoms with Crippen LogP contribution in [-0.2, 0) is 12.8 Å². The number of hydrogen-bond donors (Lipinski definition) is 2. The van der Waals surface area contributed by atoms with Crippen molar-refractivity contribution in [2.45, 2.75) is 19.8 Å². The van der Waals surface area contributed by atoms with E-state index in [0.29, 0.717) is 0 Å². The fraction of sp³-hybridized carbons (Fsp3) is 0.172. The number of nitrogens with one attached hydrogen (secondary N) is 2. The molecule has 0 fully saturated rings. The number of pyridine rings is 2. The van der Waals surface area contributed by atoms with Crippen molar-refractivity contribution in [1.82, 2.24) is 20.6 Å². The van der Waals surface area contributed by atoms with Crippen molar-refractivity contribution < 1.29 is 0 Å². The third-order valence-corrected chi connectivity index (χ3v) is 4.48. The summed E-state index contributed by atoms with van der Waals surface area (Å²) in [4.78, 5) is 8.60. The normalized spacial score (nSPS) is 9.03. The molecule has 0 aliphatic carbocycles. The molecule has 4 heteroatoms. The van der Waals surface area contributed by atoms with Crippen LogP contribution in [0.15, 0.2) is 86.2 Å². The van der Waals surface area contributed by atoms with E-state index < -0.39 is 0 Å². The first-order chi connectivity index (χ1) is 16.1. The Morgan fingerprint density at radius 3 is 1.42 bits per heavy atom. The van der Waals surface area contributed by atoms with Crippen molar-refractivity contribution in [3.63, 3.8) is 0 Å². The molecule has 4 nitrogen and oxygen atoms in total. The van der Waals surface area contributed by atoms with Crippen LogP contribution in [0.3, 0.4) is 0 Å². The Kier molecular flexibility index (Phi) is 13.3. The maximum Gasteiger partial charge on any atom is 0.0854 e. The number of aromatic nitrogens is 2. The van der Waals surface area contributed by atoms with Crippen LogP contribution in [0, 0.1) is 25.2 Å². The topological polar surface area (TPSA) is 49.8 Å². The van der Waals surface area contributed by atoms with Crippen molar-refractivity contribution in [1.29, 1.82) is 0 Å². The molecule has 3 aromatic rings. The molecular formula is C29H32N4. The maximum atomic E-state index is 4.60. The van der Waals surface area contributed by atoms with Gasteiger partial charge in [-0.25, -0.2) is 0 Å². The molecule has 0 spiro atoms.